The van der Waals surface area contributed by atoms with E-state index in [4.69, 9.17) is 10.8 Å². The summed E-state index contributed by atoms with van der Waals surface area (Å²) in [4.78, 5) is 33.9. The van der Waals surface area contributed by atoms with Crippen LogP contribution in [0.25, 0.3) is 10.8 Å². The molecule has 0 aliphatic carbocycles. The third-order valence-electron chi connectivity index (χ3n) is 3.02. The summed E-state index contributed by atoms with van der Waals surface area (Å²) in [5, 5.41) is 13.1. The van der Waals surface area contributed by atoms with Gasteiger partial charge in [0, 0.05) is 5.56 Å². The second-order valence-corrected chi connectivity index (χ2v) is 4.60. The van der Waals surface area contributed by atoms with Crippen LogP contribution >= 0.6 is 0 Å². The van der Waals surface area contributed by atoms with Crippen molar-refractivity contribution in [1.82, 2.24) is 5.32 Å². The van der Waals surface area contributed by atoms with Crippen LogP contribution in [0, 0.1) is 0 Å². The number of carbonyl (C=O) groups is 3. The SMILES string of the molecule is NC(=O)C[C@H](NC(=O)c1ccc2ccccc2c1)C(=O)O. The average molecular weight is 286 g/mol. The highest BCUT2D eigenvalue weighted by Gasteiger charge is 2.22. The van der Waals surface area contributed by atoms with Gasteiger partial charge in [0.25, 0.3) is 5.91 Å². The largest absolute Gasteiger partial charge is 0.480 e. The molecule has 0 fully saturated rings. The van der Waals surface area contributed by atoms with Crippen molar-refractivity contribution < 1.29 is 19.5 Å². The van der Waals surface area contributed by atoms with Crippen molar-refractivity contribution in [2.75, 3.05) is 0 Å². The topological polar surface area (TPSA) is 109 Å². The van der Waals surface area contributed by atoms with Gasteiger partial charge in [-0.2, -0.15) is 0 Å². The lowest BCUT2D eigenvalue weighted by Gasteiger charge is -2.13. The molecule has 0 spiro atoms. The van der Waals surface area contributed by atoms with Crippen molar-refractivity contribution >= 4 is 28.6 Å². The summed E-state index contributed by atoms with van der Waals surface area (Å²) in [6.07, 6.45) is -0.450. The van der Waals surface area contributed by atoms with E-state index in [1.54, 1.807) is 18.2 Å². The molecule has 2 aromatic rings. The summed E-state index contributed by atoms with van der Waals surface area (Å²) >= 11 is 0. The Labute approximate surface area is 120 Å². The van der Waals surface area contributed by atoms with Gasteiger partial charge < -0.3 is 16.2 Å². The first-order valence-corrected chi connectivity index (χ1v) is 6.28. The predicted octanol–water partition coefficient (Wildman–Crippen LogP) is 0.898. The van der Waals surface area contributed by atoms with E-state index >= 15 is 0 Å². The molecule has 4 N–H and O–H groups in total. The molecule has 0 aliphatic rings. The molecule has 0 aliphatic heterocycles. The van der Waals surface area contributed by atoms with Crippen LogP contribution in [0.5, 0.6) is 0 Å². The minimum Gasteiger partial charge on any atom is -0.480 e. The number of primary amides is 1. The predicted molar refractivity (Wildman–Crippen MR) is 76.6 cm³/mol. The first-order chi connectivity index (χ1) is 9.97. The molecule has 0 unspecified atom stereocenters. The molecule has 0 saturated carbocycles. The fourth-order valence-corrected chi connectivity index (χ4v) is 1.97. The Morgan fingerprint density at radius 2 is 1.76 bits per heavy atom. The number of aliphatic carboxylic acids is 1. The van der Waals surface area contributed by atoms with Gasteiger partial charge >= 0.3 is 5.97 Å². The highest BCUT2D eigenvalue weighted by molar-refractivity contribution is 6.00. The Balaban J connectivity index is 2.20. The number of rotatable bonds is 5. The number of carboxylic acid groups (broad SMARTS) is 1. The first-order valence-electron chi connectivity index (χ1n) is 6.28. The van der Waals surface area contributed by atoms with Crippen LogP contribution in [0.1, 0.15) is 16.8 Å². The molecule has 2 aromatic carbocycles. The minimum absolute atomic E-state index is 0.324. The van der Waals surface area contributed by atoms with Crippen molar-refractivity contribution in [2.24, 2.45) is 5.73 Å². The summed E-state index contributed by atoms with van der Waals surface area (Å²) in [5.74, 6) is -2.65. The number of nitrogens with two attached hydrogens (primary N) is 1. The van der Waals surface area contributed by atoms with Gasteiger partial charge in [-0.3, -0.25) is 9.59 Å². The Hall–Kier alpha value is -2.89. The number of hydrogen-bond acceptors (Lipinski definition) is 3. The van der Waals surface area contributed by atoms with E-state index in [1.807, 2.05) is 24.3 Å². The van der Waals surface area contributed by atoms with E-state index in [-0.39, 0.29) is 0 Å². The fraction of sp³-hybridized carbons (Fsp3) is 0.133. The Morgan fingerprint density at radius 1 is 1.10 bits per heavy atom. The molecule has 0 aromatic heterocycles. The second-order valence-electron chi connectivity index (χ2n) is 4.60. The fourth-order valence-electron chi connectivity index (χ4n) is 1.97. The maximum absolute atomic E-state index is 12.1. The summed E-state index contributed by atoms with van der Waals surface area (Å²) in [6, 6.07) is 11.2. The number of carboxylic acids is 1. The van der Waals surface area contributed by atoms with Crippen molar-refractivity contribution in [3.8, 4) is 0 Å². The number of fused-ring (bicyclic) bond motifs is 1. The standard InChI is InChI=1S/C15H14N2O4/c16-13(18)8-12(15(20)21)17-14(19)11-6-5-9-3-1-2-4-10(9)7-11/h1-7,12H,8H2,(H2,16,18)(H,17,19)(H,20,21)/t12-/m0/s1. The average Bonchev–Trinajstić information content (AvgIpc) is 2.45. The van der Waals surface area contributed by atoms with E-state index in [2.05, 4.69) is 5.32 Å². The molecule has 1 atom stereocenters. The normalized spacial score (nSPS) is 11.8. The third-order valence-corrected chi connectivity index (χ3v) is 3.02. The molecule has 0 saturated heterocycles. The zero-order valence-corrected chi connectivity index (χ0v) is 11.1. The van der Waals surface area contributed by atoms with E-state index in [0.29, 0.717) is 5.56 Å². The molecule has 6 nitrogen and oxygen atoms in total. The van der Waals surface area contributed by atoms with Crippen molar-refractivity contribution in [2.45, 2.75) is 12.5 Å². The maximum atomic E-state index is 12.1. The van der Waals surface area contributed by atoms with Crippen LogP contribution < -0.4 is 11.1 Å². The van der Waals surface area contributed by atoms with Crippen molar-refractivity contribution in [3.05, 3.63) is 48.0 Å². The van der Waals surface area contributed by atoms with E-state index < -0.39 is 30.2 Å². The molecule has 0 radical (unpaired) electrons. The lowest BCUT2D eigenvalue weighted by atomic mass is 10.1. The molecule has 6 heteroatoms. The quantitative estimate of drug-likeness (QED) is 0.758. The summed E-state index contributed by atoms with van der Waals surface area (Å²) < 4.78 is 0. The molecular formula is C15H14N2O4. The van der Waals surface area contributed by atoms with Gasteiger partial charge in [-0.05, 0) is 22.9 Å². The first kappa shape index (κ1) is 14.5. The number of amides is 2. The smallest absolute Gasteiger partial charge is 0.326 e. The minimum atomic E-state index is -1.33. The van der Waals surface area contributed by atoms with Crippen LogP contribution in [-0.2, 0) is 9.59 Å². The van der Waals surface area contributed by atoms with Crippen LogP contribution in [-0.4, -0.2) is 28.9 Å². The van der Waals surface area contributed by atoms with Gasteiger partial charge in [0.2, 0.25) is 5.91 Å². The van der Waals surface area contributed by atoms with Gasteiger partial charge in [-0.15, -0.1) is 0 Å². The van der Waals surface area contributed by atoms with E-state index in [9.17, 15) is 14.4 Å². The molecule has 0 bridgehead atoms. The highest BCUT2D eigenvalue weighted by Crippen LogP contribution is 2.15. The molecule has 0 heterocycles. The number of carbonyl (C=O) groups excluding carboxylic acids is 2. The lowest BCUT2D eigenvalue weighted by molar-refractivity contribution is -0.140. The number of hydrogen-bond donors (Lipinski definition) is 3. The van der Waals surface area contributed by atoms with Gasteiger partial charge in [-0.25, -0.2) is 4.79 Å². The number of nitrogens with one attached hydrogen (secondary N) is 1. The second kappa shape index (κ2) is 6.04. The zero-order valence-electron chi connectivity index (χ0n) is 11.1. The van der Waals surface area contributed by atoms with Gasteiger partial charge in [-0.1, -0.05) is 30.3 Å². The van der Waals surface area contributed by atoms with Gasteiger partial charge in [0.05, 0.1) is 6.42 Å². The molecule has 2 rings (SSSR count). The Bertz CT molecular complexity index is 712. The van der Waals surface area contributed by atoms with Crippen LogP contribution in [0.4, 0.5) is 0 Å². The molecule has 21 heavy (non-hydrogen) atoms. The number of benzene rings is 2. The Kier molecular flexibility index (Phi) is 4.18. The van der Waals surface area contributed by atoms with Crippen molar-refractivity contribution in [1.29, 1.82) is 0 Å². The molecular weight excluding hydrogens is 272 g/mol. The Morgan fingerprint density at radius 3 is 2.38 bits per heavy atom. The van der Waals surface area contributed by atoms with Gasteiger partial charge in [0.1, 0.15) is 6.04 Å². The monoisotopic (exact) mass is 286 g/mol. The van der Waals surface area contributed by atoms with Crippen molar-refractivity contribution in [3.63, 3.8) is 0 Å². The molecule has 2 amide bonds. The van der Waals surface area contributed by atoms with Crippen LogP contribution in [0.3, 0.4) is 0 Å². The van der Waals surface area contributed by atoms with Gasteiger partial charge in [0.15, 0.2) is 0 Å². The maximum Gasteiger partial charge on any atom is 0.326 e. The summed E-state index contributed by atoms with van der Waals surface area (Å²) in [5.41, 5.74) is 5.29. The van der Waals surface area contributed by atoms with E-state index in [1.165, 1.54) is 0 Å². The molecule has 108 valence electrons. The van der Waals surface area contributed by atoms with Crippen LogP contribution in [0.2, 0.25) is 0 Å². The lowest BCUT2D eigenvalue weighted by Crippen LogP contribution is -2.43. The summed E-state index contributed by atoms with van der Waals surface area (Å²) in [7, 11) is 0. The van der Waals surface area contributed by atoms with Crippen LogP contribution in [0.15, 0.2) is 42.5 Å². The van der Waals surface area contributed by atoms with E-state index in [0.717, 1.165) is 10.8 Å². The summed E-state index contributed by atoms with van der Waals surface area (Å²) in [6.45, 7) is 0. The zero-order chi connectivity index (χ0) is 15.4. The highest BCUT2D eigenvalue weighted by atomic mass is 16.4. The third kappa shape index (κ3) is 3.56.